The molecule has 1 saturated heterocycles. The number of imidazole rings is 1. The summed E-state index contributed by atoms with van der Waals surface area (Å²) in [5.74, 6) is 1.26. The molecule has 0 bridgehead atoms. The van der Waals surface area contributed by atoms with Gasteiger partial charge in [0.05, 0.1) is 5.56 Å². The summed E-state index contributed by atoms with van der Waals surface area (Å²) in [6, 6.07) is 13.8. The van der Waals surface area contributed by atoms with E-state index in [9.17, 15) is 13.2 Å². The van der Waals surface area contributed by atoms with Crippen LogP contribution in [-0.4, -0.2) is 57.6 Å². The van der Waals surface area contributed by atoms with Crippen LogP contribution in [0.3, 0.4) is 0 Å². The average molecular weight is 510 g/mol. The molecule has 194 valence electrons. The van der Waals surface area contributed by atoms with Gasteiger partial charge >= 0.3 is 6.18 Å². The Hall–Kier alpha value is -3.66. The zero-order valence-electron chi connectivity index (χ0n) is 21.1. The molecule has 2 aromatic heterocycles. The molecule has 1 aliphatic heterocycles. The molecule has 7 nitrogen and oxygen atoms in total. The monoisotopic (exact) mass is 509 g/mol. The van der Waals surface area contributed by atoms with Crippen LogP contribution in [0.2, 0.25) is 0 Å². The second kappa shape index (κ2) is 10.0. The lowest BCUT2D eigenvalue weighted by atomic mass is 10.1. The second-order valence-corrected chi connectivity index (χ2v) is 9.68. The van der Waals surface area contributed by atoms with Gasteiger partial charge in [-0.1, -0.05) is 12.1 Å². The maximum Gasteiger partial charge on any atom is 0.416 e. The molecule has 0 spiro atoms. The third-order valence-electron chi connectivity index (χ3n) is 6.70. The van der Waals surface area contributed by atoms with Gasteiger partial charge in [-0.15, -0.1) is 0 Å². The molecule has 0 atom stereocenters. The highest BCUT2D eigenvalue weighted by atomic mass is 19.4. The minimum absolute atomic E-state index is 0.0866. The molecule has 0 saturated carbocycles. The predicted molar refractivity (Wildman–Crippen MR) is 140 cm³/mol. The number of halogens is 3. The zero-order valence-corrected chi connectivity index (χ0v) is 21.1. The van der Waals surface area contributed by atoms with E-state index in [1.54, 1.807) is 6.07 Å². The van der Waals surface area contributed by atoms with E-state index in [1.165, 1.54) is 18.1 Å². The van der Waals surface area contributed by atoms with Gasteiger partial charge in [-0.05, 0) is 62.9 Å². The summed E-state index contributed by atoms with van der Waals surface area (Å²) >= 11 is 0. The molecular weight excluding hydrogens is 479 g/mol. The maximum absolute atomic E-state index is 13.1. The quantitative estimate of drug-likeness (QED) is 0.373. The number of likely N-dealkylation sites (N-methyl/N-ethyl adjacent to an activating group) is 1. The van der Waals surface area contributed by atoms with E-state index in [4.69, 9.17) is 4.98 Å². The average Bonchev–Trinajstić information content (AvgIpc) is 3.28. The van der Waals surface area contributed by atoms with Crippen LogP contribution >= 0.6 is 0 Å². The lowest BCUT2D eigenvalue weighted by Crippen LogP contribution is -2.44. The summed E-state index contributed by atoms with van der Waals surface area (Å²) in [4.78, 5) is 18.5. The van der Waals surface area contributed by atoms with Crippen molar-refractivity contribution in [1.29, 1.82) is 0 Å². The van der Waals surface area contributed by atoms with Crippen LogP contribution in [0, 0.1) is 0 Å². The van der Waals surface area contributed by atoms with E-state index in [-0.39, 0.29) is 12.6 Å². The van der Waals surface area contributed by atoms with Gasteiger partial charge in [-0.2, -0.15) is 13.2 Å². The first-order valence-electron chi connectivity index (χ1n) is 12.4. The van der Waals surface area contributed by atoms with Crippen LogP contribution < -0.4 is 10.2 Å². The van der Waals surface area contributed by atoms with Gasteiger partial charge in [0.2, 0.25) is 0 Å². The molecular formula is C27H30F3N7. The lowest BCUT2D eigenvalue weighted by Gasteiger charge is -2.34. The van der Waals surface area contributed by atoms with E-state index in [1.807, 2.05) is 0 Å². The Morgan fingerprint density at radius 1 is 0.973 bits per heavy atom. The van der Waals surface area contributed by atoms with E-state index in [0.717, 1.165) is 49.7 Å². The zero-order chi connectivity index (χ0) is 26.2. The summed E-state index contributed by atoms with van der Waals surface area (Å²) in [5.41, 5.74) is 3.24. The Bertz CT molecular complexity index is 1370. The summed E-state index contributed by atoms with van der Waals surface area (Å²) in [7, 11) is 2.14. The highest BCUT2D eigenvalue weighted by Crippen LogP contribution is 2.32. The van der Waals surface area contributed by atoms with Crippen LogP contribution in [0.4, 0.5) is 24.7 Å². The second-order valence-electron chi connectivity index (χ2n) is 9.68. The fourth-order valence-corrected chi connectivity index (χ4v) is 4.66. The number of fused-ring (bicyclic) bond motifs is 1. The first-order valence-corrected chi connectivity index (χ1v) is 12.4. The smallest absolute Gasteiger partial charge is 0.369 e. The normalized spacial score (nSPS) is 15.1. The van der Waals surface area contributed by atoms with Gasteiger partial charge in [0.25, 0.3) is 0 Å². The third kappa shape index (κ3) is 5.24. The molecule has 1 aliphatic rings. The predicted octanol–water partition coefficient (Wildman–Crippen LogP) is 5.46. The van der Waals surface area contributed by atoms with E-state index in [2.05, 4.69) is 74.8 Å². The van der Waals surface area contributed by atoms with Gasteiger partial charge in [0, 0.05) is 50.0 Å². The van der Waals surface area contributed by atoms with Crippen molar-refractivity contribution in [1.82, 2.24) is 24.4 Å². The number of anilines is 2. The molecule has 0 unspecified atom stereocenters. The molecule has 4 aromatic rings. The van der Waals surface area contributed by atoms with Crippen molar-refractivity contribution in [3.8, 4) is 11.4 Å². The molecule has 3 heterocycles. The third-order valence-corrected chi connectivity index (χ3v) is 6.70. The molecule has 37 heavy (non-hydrogen) atoms. The number of hydrogen-bond acceptors (Lipinski definition) is 6. The van der Waals surface area contributed by atoms with Crippen LogP contribution in [0.15, 0.2) is 54.9 Å². The minimum Gasteiger partial charge on any atom is -0.369 e. The van der Waals surface area contributed by atoms with Crippen molar-refractivity contribution in [2.24, 2.45) is 0 Å². The molecule has 0 amide bonds. The van der Waals surface area contributed by atoms with E-state index >= 15 is 0 Å². The number of rotatable bonds is 6. The highest BCUT2D eigenvalue weighted by Gasteiger charge is 2.30. The summed E-state index contributed by atoms with van der Waals surface area (Å²) in [6.45, 7) is 8.40. The van der Waals surface area contributed by atoms with E-state index in [0.29, 0.717) is 22.5 Å². The topological polar surface area (TPSA) is 62.1 Å². The van der Waals surface area contributed by atoms with Gasteiger partial charge in [0.1, 0.15) is 12.2 Å². The van der Waals surface area contributed by atoms with Crippen molar-refractivity contribution >= 4 is 22.7 Å². The van der Waals surface area contributed by atoms with Crippen molar-refractivity contribution in [3.05, 3.63) is 66.0 Å². The Morgan fingerprint density at radius 2 is 1.70 bits per heavy atom. The number of nitrogens with zero attached hydrogens (tertiary/aromatic N) is 6. The number of alkyl halides is 3. The van der Waals surface area contributed by atoms with Crippen molar-refractivity contribution in [2.45, 2.75) is 32.6 Å². The van der Waals surface area contributed by atoms with Crippen LogP contribution in [-0.2, 0) is 12.7 Å². The molecule has 0 aliphatic carbocycles. The molecule has 5 rings (SSSR count). The van der Waals surface area contributed by atoms with Crippen molar-refractivity contribution in [3.63, 3.8) is 0 Å². The molecule has 1 N–H and O–H groups in total. The first-order chi connectivity index (χ1) is 17.7. The lowest BCUT2D eigenvalue weighted by molar-refractivity contribution is -0.137. The molecule has 0 radical (unpaired) electrons. The van der Waals surface area contributed by atoms with Gasteiger partial charge in [-0.25, -0.2) is 15.0 Å². The van der Waals surface area contributed by atoms with Crippen molar-refractivity contribution < 1.29 is 13.2 Å². The van der Waals surface area contributed by atoms with Crippen LogP contribution in [0.5, 0.6) is 0 Å². The standard InChI is InChI=1S/C27H30F3N7/c1-18(2)37-25(20-7-9-22(10-8-20)36-13-11-35(3)12-14-36)34-23-24(32-17-33-26(23)37)31-16-19-5-4-6-21(15-19)27(28,29)30/h4-10,15,17-18H,11-14,16H2,1-3H3,(H,31,32,33). The fraction of sp³-hybridized carbons (Fsp3) is 0.370. The number of nitrogens with one attached hydrogen (secondary N) is 1. The Kier molecular flexibility index (Phi) is 6.76. The Labute approximate surface area is 214 Å². The van der Waals surface area contributed by atoms with Gasteiger partial charge in [-0.3, -0.25) is 0 Å². The SMILES string of the molecule is CC(C)n1c(-c2ccc(N3CCN(C)CC3)cc2)nc2c(NCc3cccc(C(F)(F)F)c3)ncnc21. The Morgan fingerprint density at radius 3 is 2.38 bits per heavy atom. The van der Waals surface area contributed by atoms with Gasteiger partial charge < -0.3 is 19.7 Å². The number of hydrogen-bond donors (Lipinski definition) is 1. The number of piperazine rings is 1. The van der Waals surface area contributed by atoms with E-state index < -0.39 is 11.7 Å². The minimum atomic E-state index is -4.39. The number of aromatic nitrogens is 4. The van der Waals surface area contributed by atoms with Gasteiger partial charge in [0.15, 0.2) is 17.0 Å². The van der Waals surface area contributed by atoms with Crippen molar-refractivity contribution in [2.75, 3.05) is 43.4 Å². The van der Waals surface area contributed by atoms with Crippen LogP contribution in [0.25, 0.3) is 22.6 Å². The summed E-state index contributed by atoms with van der Waals surface area (Å²) < 4.78 is 41.4. The highest BCUT2D eigenvalue weighted by molar-refractivity contribution is 5.86. The summed E-state index contributed by atoms with van der Waals surface area (Å²) in [6.07, 6.45) is -2.93. The molecule has 2 aromatic carbocycles. The fourth-order valence-electron chi connectivity index (χ4n) is 4.66. The first kappa shape index (κ1) is 25.0. The maximum atomic E-state index is 13.1. The molecule has 1 fully saturated rings. The number of benzene rings is 2. The summed E-state index contributed by atoms with van der Waals surface area (Å²) in [5, 5.41) is 3.16. The largest absolute Gasteiger partial charge is 0.416 e. The Balaban J connectivity index is 1.44. The molecule has 10 heteroatoms. The van der Waals surface area contributed by atoms with Crippen LogP contribution in [0.1, 0.15) is 31.0 Å².